The van der Waals surface area contributed by atoms with Crippen LogP contribution >= 0.6 is 35.7 Å². The van der Waals surface area contributed by atoms with Gasteiger partial charge in [-0.05, 0) is 19.1 Å². The van der Waals surface area contributed by atoms with Crippen molar-refractivity contribution in [2.24, 2.45) is 4.99 Å². The van der Waals surface area contributed by atoms with Crippen LogP contribution in [0.2, 0.25) is 0 Å². The van der Waals surface area contributed by atoms with Gasteiger partial charge in [0, 0.05) is 30.3 Å². The Morgan fingerprint density at radius 3 is 2.50 bits per heavy atom. The zero-order chi connectivity index (χ0) is 12.5. The first-order chi connectivity index (χ1) is 8.26. The van der Waals surface area contributed by atoms with E-state index in [-0.39, 0.29) is 24.0 Å². The van der Waals surface area contributed by atoms with Gasteiger partial charge in [0.05, 0.1) is 0 Å². The molecule has 3 nitrogen and oxygen atoms in total. The van der Waals surface area contributed by atoms with E-state index in [1.807, 2.05) is 17.8 Å². The number of hydrogen-bond acceptors (Lipinski definition) is 2. The molecule has 0 radical (unpaired) electrons. The number of hydrogen-bond donors (Lipinski definition) is 2. The van der Waals surface area contributed by atoms with Gasteiger partial charge in [0.2, 0.25) is 0 Å². The zero-order valence-corrected chi connectivity index (χ0v) is 14.3. The lowest BCUT2D eigenvalue weighted by atomic mass is 10.4. The first kappa shape index (κ1) is 17.6. The molecule has 0 aliphatic carbocycles. The van der Waals surface area contributed by atoms with Crippen LogP contribution in [-0.4, -0.2) is 31.3 Å². The van der Waals surface area contributed by atoms with E-state index in [9.17, 15) is 0 Å². The van der Waals surface area contributed by atoms with Crippen molar-refractivity contribution < 1.29 is 0 Å². The van der Waals surface area contributed by atoms with Crippen LogP contribution in [0.4, 0.5) is 0 Å². The number of nitrogens with zero attached hydrogens (tertiary/aromatic N) is 1. The van der Waals surface area contributed by atoms with Gasteiger partial charge in [-0.15, -0.1) is 35.7 Å². The summed E-state index contributed by atoms with van der Waals surface area (Å²) in [4.78, 5) is 5.45. The van der Waals surface area contributed by atoms with Crippen molar-refractivity contribution >= 4 is 41.7 Å². The lowest BCUT2D eigenvalue weighted by molar-refractivity contribution is 0.804. The van der Waals surface area contributed by atoms with E-state index < -0.39 is 0 Å². The molecule has 0 saturated carbocycles. The Kier molecular flexibility index (Phi) is 10.2. The molecule has 0 aliphatic heterocycles. The Bertz CT molecular complexity index is 343. The molecule has 5 heteroatoms. The largest absolute Gasteiger partial charge is 0.357 e. The third kappa shape index (κ3) is 7.10. The third-order valence-corrected chi connectivity index (χ3v) is 3.32. The second-order valence-electron chi connectivity index (χ2n) is 3.72. The molecule has 1 aromatic carbocycles. The molecule has 1 unspecified atom stereocenters. The smallest absolute Gasteiger partial charge is 0.191 e. The van der Waals surface area contributed by atoms with Crippen molar-refractivity contribution in [3.05, 3.63) is 30.3 Å². The van der Waals surface area contributed by atoms with Crippen molar-refractivity contribution in [3.8, 4) is 0 Å². The maximum atomic E-state index is 4.14. The van der Waals surface area contributed by atoms with Crippen LogP contribution in [0.25, 0.3) is 0 Å². The van der Waals surface area contributed by atoms with Crippen LogP contribution in [0.15, 0.2) is 40.2 Å². The van der Waals surface area contributed by atoms with Crippen LogP contribution in [0.1, 0.15) is 13.8 Å². The number of guanidine groups is 1. The molecular formula is C13H22IN3S. The van der Waals surface area contributed by atoms with Crippen molar-refractivity contribution in [3.63, 3.8) is 0 Å². The minimum atomic E-state index is 0. The van der Waals surface area contributed by atoms with Crippen molar-refractivity contribution in [2.75, 3.05) is 20.1 Å². The summed E-state index contributed by atoms with van der Waals surface area (Å²) in [5, 5.41) is 7.00. The fourth-order valence-electron chi connectivity index (χ4n) is 1.40. The van der Waals surface area contributed by atoms with Gasteiger partial charge in [-0.1, -0.05) is 25.1 Å². The summed E-state index contributed by atoms with van der Waals surface area (Å²) >= 11 is 1.87. The summed E-state index contributed by atoms with van der Waals surface area (Å²) in [6.07, 6.45) is 0. The molecule has 0 amide bonds. The summed E-state index contributed by atoms with van der Waals surface area (Å²) in [5.74, 6) is 0.869. The fourth-order valence-corrected chi connectivity index (χ4v) is 2.35. The summed E-state index contributed by atoms with van der Waals surface area (Å²) in [5.41, 5.74) is 0. The molecule has 1 rings (SSSR count). The van der Waals surface area contributed by atoms with Crippen LogP contribution in [0.5, 0.6) is 0 Å². The maximum absolute atomic E-state index is 4.14. The monoisotopic (exact) mass is 379 g/mol. The van der Waals surface area contributed by atoms with E-state index in [2.05, 4.69) is 53.7 Å². The summed E-state index contributed by atoms with van der Waals surface area (Å²) < 4.78 is 0. The van der Waals surface area contributed by atoms with Crippen molar-refractivity contribution in [2.45, 2.75) is 24.0 Å². The molecule has 0 heterocycles. The highest BCUT2D eigenvalue weighted by molar-refractivity contribution is 14.0. The van der Waals surface area contributed by atoms with Crippen molar-refractivity contribution in [1.82, 2.24) is 10.6 Å². The minimum absolute atomic E-state index is 0. The maximum Gasteiger partial charge on any atom is 0.191 e. The molecule has 1 aromatic rings. The van der Waals surface area contributed by atoms with E-state index in [0.717, 1.165) is 19.0 Å². The lowest BCUT2D eigenvalue weighted by Crippen LogP contribution is -2.39. The van der Waals surface area contributed by atoms with Gasteiger partial charge in [-0.2, -0.15) is 0 Å². The molecule has 18 heavy (non-hydrogen) atoms. The molecule has 0 bridgehead atoms. The molecule has 0 spiro atoms. The van der Waals surface area contributed by atoms with E-state index in [1.54, 1.807) is 7.05 Å². The predicted molar refractivity (Wildman–Crippen MR) is 92.2 cm³/mol. The second kappa shape index (κ2) is 10.5. The Labute approximate surface area is 131 Å². The first-order valence-electron chi connectivity index (χ1n) is 5.92. The molecule has 0 aliphatic rings. The highest BCUT2D eigenvalue weighted by Gasteiger charge is 2.04. The van der Waals surface area contributed by atoms with Crippen LogP contribution < -0.4 is 10.6 Å². The van der Waals surface area contributed by atoms with Gasteiger partial charge >= 0.3 is 0 Å². The summed E-state index contributed by atoms with van der Waals surface area (Å²) in [6.45, 7) is 6.07. The summed E-state index contributed by atoms with van der Waals surface area (Å²) in [6, 6.07) is 10.5. The van der Waals surface area contributed by atoms with Crippen LogP contribution in [0, 0.1) is 0 Å². The van der Waals surface area contributed by atoms with E-state index >= 15 is 0 Å². The van der Waals surface area contributed by atoms with E-state index in [0.29, 0.717) is 5.25 Å². The number of nitrogens with one attached hydrogen (secondary N) is 2. The Morgan fingerprint density at radius 1 is 1.28 bits per heavy atom. The zero-order valence-electron chi connectivity index (χ0n) is 11.1. The molecule has 0 fully saturated rings. The van der Waals surface area contributed by atoms with Gasteiger partial charge in [0.1, 0.15) is 0 Å². The Hall–Kier alpha value is -0.430. The molecule has 0 aromatic heterocycles. The van der Waals surface area contributed by atoms with E-state index in [4.69, 9.17) is 0 Å². The molecule has 0 saturated heterocycles. The highest BCUT2D eigenvalue weighted by Crippen LogP contribution is 2.21. The van der Waals surface area contributed by atoms with Gasteiger partial charge in [0.15, 0.2) is 5.96 Å². The average molecular weight is 379 g/mol. The van der Waals surface area contributed by atoms with Crippen molar-refractivity contribution in [1.29, 1.82) is 0 Å². The van der Waals surface area contributed by atoms with Crippen LogP contribution in [-0.2, 0) is 0 Å². The number of rotatable bonds is 5. The fraction of sp³-hybridized carbons (Fsp3) is 0.462. The van der Waals surface area contributed by atoms with Gasteiger partial charge in [-0.3, -0.25) is 4.99 Å². The summed E-state index contributed by atoms with van der Waals surface area (Å²) in [7, 11) is 1.79. The predicted octanol–water partition coefficient (Wildman–Crippen LogP) is 2.97. The highest BCUT2D eigenvalue weighted by atomic mass is 127. The third-order valence-electron chi connectivity index (χ3n) is 2.21. The van der Waals surface area contributed by atoms with Gasteiger partial charge in [0.25, 0.3) is 0 Å². The van der Waals surface area contributed by atoms with E-state index in [1.165, 1.54) is 4.90 Å². The molecule has 1 atom stereocenters. The number of halogens is 1. The Morgan fingerprint density at radius 2 is 1.94 bits per heavy atom. The molecular weight excluding hydrogens is 357 g/mol. The average Bonchev–Trinajstić information content (AvgIpc) is 2.35. The standard InChI is InChI=1S/C13H21N3S.HI/c1-4-15-13(14-3)16-10-11(2)17-12-8-6-5-7-9-12;/h5-9,11H,4,10H2,1-3H3,(H2,14,15,16);1H. The minimum Gasteiger partial charge on any atom is -0.357 e. The number of aliphatic imine (C=N–C) groups is 1. The SMILES string of the molecule is CCNC(=NC)NCC(C)Sc1ccccc1.I. The topological polar surface area (TPSA) is 36.4 Å². The lowest BCUT2D eigenvalue weighted by Gasteiger charge is -2.15. The second-order valence-corrected chi connectivity index (χ2v) is 5.24. The Balaban J connectivity index is 0.00000289. The number of thioether (sulfide) groups is 1. The molecule has 102 valence electrons. The number of benzene rings is 1. The molecule has 2 N–H and O–H groups in total. The van der Waals surface area contributed by atoms with Crippen LogP contribution in [0.3, 0.4) is 0 Å². The van der Waals surface area contributed by atoms with Gasteiger partial charge < -0.3 is 10.6 Å². The normalized spacial score (nSPS) is 12.5. The first-order valence-corrected chi connectivity index (χ1v) is 6.80. The van der Waals surface area contributed by atoms with Gasteiger partial charge in [-0.25, -0.2) is 0 Å². The quantitative estimate of drug-likeness (QED) is 0.358.